The van der Waals surface area contributed by atoms with E-state index in [0.29, 0.717) is 16.5 Å². The highest BCUT2D eigenvalue weighted by Gasteiger charge is 2.20. The first-order chi connectivity index (χ1) is 10.4. The molecule has 4 nitrogen and oxygen atoms in total. The molecule has 0 saturated carbocycles. The molecule has 0 spiro atoms. The fourth-order valence-electron chi connectivity index (χ4n) is 2.42. The number of anilines is 1. The number of aliphatic imine (C=N–C) groups is 1. The molecule has 0 unspecified atom stereocenters. The molecule has 114 valence electrons. The molecule has 1 aliphatic rings. The highest BCUT2D eigenvalue weighted by Crippen LogP contribution is 2.23. The van der Waals surface area contributed by atoms with Crippen LogP contribution in [0.25, 0.3) is 0 Å². The van der Waals surface area contributed by atoms with Crippen LogP contribution in [-0.4, -0.2) is 33.6 Å². The van der Waals surface area contributed by atoms with Gasteiger partial charge >= 0.3 is 0 Å². The lowest BCUT2D eigenvalue weighted by molar-refractivity contribution is 0.602. The largest absolute Gasteiger partial charge is 0.324 e. The third-order valence-electron chi connectivity index (χ3n) is 3.52. The lowest BCUT2D eigenvalue weighted by atomic mass is 10.2. The summed E-state index contributed by atoms with van der Waals surface area (Å²) in [5.41, 5.74) is 1.92. The molecule has 6 heteroatoms. The number of sulfone groups is 1. The van der Waals surface area contributed by atoms with Gasteiger partial charge in [0.15, 0.2) is 9.84 Å². The fourth-order valence-corrected chi connectivity index (χ4v) is 3.17. The van der Waals surface area contributed by atoms with E-state index < -0.39 is 9.84 Å². The highest BCUT2D eigenvalue weighted by atomic mass is 35.5. The van der Waals surface area contributed by atoms with Crippen molar-refractivity contribution in [2.75, 3.05) is 24.2 Å². The Morgan fingerprint density at radius 3 is 2.27 bits per heavy atom. The zero-order chi connectivity index (χ0) is 15.7. The summed E-state index contributed by atoms with van der Waals surface area (Å²) >= 11 is 5.92. The van der Waals surface area contributed by atoms with Crippen LogP contribution in [0.15, 0.2) is 58.4 Å². The van der Waals surface area contributed by atoms with Crippen LogP contribution in [0.1, 0.15) is 5.56 Å². The van der Waals surface area contributed by atoms with Crippen LogP contribution >= 0.6 is 11.6 Å². The SMILES string of the molecule is CS(=O)(=O)c1ccc(N2CCN=C2c2ccc(Cl)cc2)cc1. The van der Waals surface area contributed by atoms with Crippen molar-refractivity contribution in [3.05, 3.63) is 59.1 Å². The topological polar surface area (TPSA) is 49.7 Å². The van der Waals surface area contributed by atoms with Crippen molar-refractivity contribution in [2.45, 2.75) is 4.90 Å². The summed E-state index contributed by atoms with van der Waals surface area (Å²) < 4.78 is 23.1. The van der Waals surface area contributed by atoms with Crippen LogP contribution < -0.4 is 4.90 Å². The number of halogens is 1. The van der Waals surface area contributed by atoms with Gasteiger partial charge in [-0.2, -0.15) is 0 Å². The van der Waals surface area contributed by atoms with Crippen LogP contribution in [-0.2, 0) is 9.84 Å². The van der Waals surface area contributed by atoms with Gasteiger partial charge in [-0.1, -0.05) is 11.6 Å². The molecule has 0 bridgehead atoms. The van der Waals surface area contributed by atoms with Gasteiger partial charge in [0.25, 0.3) is 0 Å². The molecule has 0 N–H and O–H groups in total. The highest BCUT2D eigenvalue weighted by molar-refractivity contribution is 7.90. The first kappa shape index (κ1) is 15.1. The van der Waals surface area contributed by atoms with Gasteiger partial charge in [0.05, 0.1) is 11.4 Å². The number of hydrogen-bond donors (Lipinski definition) is 0. The van der Waals surface area contributed by atoms with Crippen LogP contribution in [0.5, 0.6) is 0 Å². The van der Waals surface area contributed by atoms with Gasteiger partial charge in [-0.3, -0.25) is 4.99 Å². The molecule has 0 saturated heterocycles. The number of hydrogen-bond acceptors (Lipinski definition) is 4. The Kier molecular flexibility index (Phi) is 3.93. The van der Waals surface area contributed by atoms with Crippen LogP contribution in [0.3, 0.4) is 0 Å². The van der Waals surface area contributed by atoms with E-state index in [1.54, 1.807) is 12.1 Å². The van der Waals surface area contributed by atoms with E-state index >= 15 is 0 Å². The molecule has 1 aliphatic heterocycles. The Morgan fingerprint density at radius 2 is 1.68 bits per heavy atom. The Balaban J connectivity index is 1.91. The lowest BCUT2D eigenvalue weighted by Gasteiger charge is -2.21. The van der Waals surface area contributed by atoms with Crippen LogP contribution in [0.2, 0.25) is 5.02 Å². The molecular weight excluding hydrogens is 320 g/mol. The maximum Gasteiger partial charge on any atom is 0.175 e. The predicted molar refractivity (Wildman–Crippen MR) is 89.8 cm³/mol. The quantitative estimate of drug-likeness (QED) is 0.867. The van der Waals surface area contributed by atoms with Gasteiger partial charge in [-0.25, -0.2) is 8.42 Å². The molecule has 0 aliphatic carbocycles. The van der Waals surface area contributed by atoms with E-state index in [4.69, 9.17) is 11.6 Å². The summed E-state index contributed by atoms with van der Waals surface area (Å²) in [5, 5.41) is 0.686. The standard InChI is InChI=1S/C16H15ClN2O2S/c1-22(20,21)15-8-6-14(7-9-15)19-11-10-18-16(19)12-2-4-13(17)5-3-12/h2-9H,10-11H2,1H3. The minimum Gasteiger partial charge on any atom is -0.324 e. The van der Waals surface area contributed by atoms with Gasteiger partial charge in [0.2, 0.25) is 0 Å². The minimum atomic E-state index is -3.18. The number of nitrogens with zero attached hydrogens (tertiary/aromatic N) is 2. The molecule has 22 heavy (non-hydrogen) atoms. The zero-order valence-corrected chi connectivity index (χ0v) is 13.6. The molecule has 0 radical (unpaired) electrons. The smallest absolute Gasteiger partial charge is 0.175 e. The van der Waals surface area contributed by atoms with Gasteiger partial charge in [0, 0.05) is 29.1 Å². The van der Waals surface area contributed by atoms with Crippen molar-refractivity contribution < 1.29 is 8.42 Å². The van der Waals surface area contributed by atoms with Crippen LogP contribution in [0, 0.1) is 0 Å². The van der Waals surface area contributed by atoms with Crippen molar-refractivity contribution >= 4 is 33.0 Å². The Bertz CT molecular complexity index is 812. The number of rotatable bonds is 3. The van der Waals surface area contributed by atoms with Crippen molar-refractivity contribution in [2.24, 2.45) is 4.99 Å². The van der Waals surface area contributed by atoms with E-state index in [1.807, 2.05) is 36.4 Å². The van der Waals surface area contributed by atoms with Gasteiger partial charge < -0.3 is 4.90 Å². The minimum absolute atomic E-state index is 0.320. The number of amidine groups is 1. The van der Waals surface area contributed by atoms with E-state index in [0.717, 1.165) is 23.6 Å². The molecule has 2 aromatic carbocycles. The molecular formula is C16H15ClN2O2S. The summed E-state index contributed by atoms with van der Waals surface area (Å²) in [6.07, 6.45) is 1.21. The van der Waals surface area contributed by atoms with Crippen molar-refractivity contribution in [3.63, 3.8) is 0 Å². The summed E-state index contributed by atoms with van der Waals surface area (Å²) in [5.74, 6) is 0.878. The van der Waals surface area contributed by atoms with Crippen molar-refractivity contribution in [1.29, 1.82) is 0 Å². The number of benzene rings is 2. The molecule has 0 amide bonds. The molecule has 2 aromatic rings. The van der Waals surface area contributed by atoms with Crippen molar-refractivity contribution in [3.8, 4) is 0 Å². The maximum atomic E-state index is 11.5. The second-order valence-electron chi connectivity index (χ2n) is 5.13. The molecule has 0 aromatic heterocycles. The summed E-state index contributed by atoms with van der Waals surface area (Å²) in [4.78, 5) is 6.94. The monoisotopic (exact) mass is 334 g/mol. The maximum absolute atomic E-state index is 11.5. The van der Waals surface area contributed by atoms with Crippen molar-refractivity contribution in [1.82, 2.24) is 0 Å². The third kappa shape index (κ3) is 3.00. The molecule has 0 fully saturated rings. The Hall–Kier alpha value is -1.85. The zero-order valence-electron chi connectivity index (χ0n) is 12.0. The first-order valence-electron chi connectivity index (χ1n) is 6.83. The molecule has 3 rings (SSSR count). The van der Waals surface area contributed by atoms with Gasteiger partial charge in [0.1, 0.15) is 5.84 Å². The van der Waals surface area contributed by atoms with E-state index in [9.17, 15) is 8.42 Å². The first-order valence-corrected chi connectivity index (χ1v) is 9.10. The second-order valence-corrected chi connectivity index (χ2v) is 7.58. The lowest BCUT2D eigenvalue weighted by Crippen LogP contribution is -2.28. The second kappa shape index (κ2) is 5.74. The van der Waals surface area contributed by atoms with E-state index in [-0.39, 0.29) is 0 Å². The normalized spacial score (nSPS) is 15.0. The summed E-state index contributed by atoms with van der Waals surface area (Å²) in [7, 11) is -3.18. The van der Waals surface area contributed by atoms with E-state index in [2.05, 4.69) is 9.89 Å². The third-order valence-corrected chi connectivity index (χ3v) is 4.90. The molecule has 0 atom stereocenters. The van der Waals surface area contributed by atoms with E-state index in [1.165, 1.54) is 6.26 Å². The van der Waals surface area contributed by atoms with Gasteiger partial charge in [-0.05, 0) is 48.5 Å². The summed E-state index contributed by atoms with van der Waals surface area (Å²) in [6.45, 7) is 1.49. The predicted octanol–water partition coefficient (Wildman–Crippen LogP) is 3.01. The Labute approximate surface area is 135 Å². The van der Waals surface area contributed by atoms with Crippen LogP contribution in [0.4, 0.5) is 5.69 Å². The average molecular weight is 335 g/mol. The Morgan fingerprint density at radius 1 is 1.05 bits per heavy atom. The summed E-state index contributed by atoms with van der Waals surface area (Å²) in [6, 6.07) is 14.4. The molecule has 1 heterocycles. The van der Waals surface area contributed by atoms with Gasteiger partial charge in [-0.15, -0.1) is 0 Å². The average Bonchev–Trinajstić information content (AvgIpc) is 2.97. The fraction of sp³-hybridized carbons (Fsp3) is 0.188.